The van der Waals surface area contributed by atoms with Crippen molar-refractivity contribution in [2.24, 2.45) is 5.92 Å². The molecule has 9 heteroatoms. The van der Waals surface area contributed by atoms with Crippen LogP contribution in [0.5, 0.6) is 0 Å². The topological polar surface area (TPSA) is 82.9 Å². The smallest absolute Gasteiger partial charge is 0.253 e. The zero-order valence-corrected chi connectivity index (χ0v) is 23.5. The predicted molar refractivity (Wildman–Crippen MR) is 148 cm³/mol. The van der Waals surface area contributed by atoms with Crippen LogP contribution in [0.3, 0.4) is 0 Å². The van der Waals surface area contributed by atoms with Gasteiger partial charge in [-0.1, -0.05) is 12.8 Å². The Morgan fingerprint density at radius 3 is 2.47 bits per heavy atom. The van der Waals surface area contributed by atoms with Crippen LogP contribution in [0.4, 0.5) is 0 Å². The quantitative estimate of drug-likeness (QED) is 0.559. The summed E-state index contributed by atoms with van der Waals surface area (Å²) in [6.07, 6.45) is 10.7. The van der Waals surface area contributed by atoms with Crippen molar-refractivity contribution in [2.75, 3.05) is 32.4 Å². The lowest BCUT2D eigenvalue weighted by Crippen LogP contribution is -2.47. The molecule has 2 saturated carbocycles. The highest BCUT2D eigenvalue weighted by Crippen LogP contribution is 2.36. The standard InChI is InChI=1S/C29H40N4O4S/c1-3-32(23-11-12-23)29(35)21-7-6-15-31(18-21)28(34)20-10-13-26-24(17-20)25-19-30(22-8-4-5-9-22)16-14-27(25)33(26)38(2,36)37/h10,13,17,21-23H,3-9,11-12,14-16,18-19H2,1-2H3/t21-/m1/s1. The maximum atomic E-state index is 13.7. The molecule has 0 radical (unpaired) electrons. The first-order valence-electron chi connectivity index (χ1n) is 14.5. The third-order valence-electron chi connectivity index (χ3n) is 9.22. The summed E-state index contributed by atoms with van der Waals surface area (Å²) in [5.74, 6) is -0.0199. The van der Waals surface area contributed by atoms with Crippen LogP contribution in [0.1, 0.15) is 79.9 Å². The van der Waals surface area contributed by atoms with Crippen LogP contribution >= 0.6 is 0 Å². The molecule has 3 fully saturated rings. The maximum absolute atomic E-state index is 13.7. The van der Waals surface area contributed by atoms with Crippen LogP contribution in [-0.4, -0.2) is 83.4 Å². The number of amides is 2. The normalized spacial score (nSPS) is 23.1. The molecule has 2 aromatic rings. The van der Waals surface area contributed by atoms with Crippen LogP contribution in [0.25, 0.3) is 10.9 Å². The molecule has 2 aliphatic carbocycles. The largest absolute Gasteiger partial charge is 0.340 e. The molecule has 0 N–H and O–H groups in total. The first-order valence-corrected chi connectivity index (χ1v) is 16.3. The molecule has 0 spiro atoms. The highest BCUT2D eigenvalue weighted by atomic mass is 32.2. The molecule has 4 aliphatic rings. The molecule has 1 atom stereocenters. The number of hydrogen-bond donors (Lipinski definition) is 0. The summed E-state index contributed by atoms with van der Waals surface area (Å²) in [6, 6.07) is 6.42. The average Bonchev–Trinajstić information content (AvgIpc) is 3.47. The lowest BCUT2D eigenvalue weighted by Gasteiger charge is -2.35. The average molecular weight is 541 g/mol. The summed E-state index contributed by atoms with van der Waals surface area (Å²) < 4.78 is 27.2. The maximum Gasteiger partial charge on any atom is 0.253 e. The van der Waals surface area contributed by atoms with E-state index in [0.717, 1.165) is 62.0 Å². The van der Waals surface area contributed by atoms with E-state index < -0.39 is 10.0 Å². The van der Waals surface area contributed by atoms with Gasteiger partial charge in [-0.05, 0) is 69.2 Å². The van der Waals surface area contributed by atoms with Crippen molar-refractivity contribution in [2.45, 2.75) is 83.3 Å². The van der Waals surface area contributed by atoms with E-state index >= 15 is 0 Å². The van der Waals surface area contributed by atoms with E-state index in [1.165, 1.54) is 35.9 Å². The molecule has 1 aromatic heterocycles. The van der Waals surface area contributed by atoms with Crippen LogP contribution in [0, 0.1) is 5.92 Å². The molecule has 8 nitrogen and oxygen atoms in total. The van der Waals surface area contributed by atoms with Crippen molar-refractivity contribution in [1.29, 1.82) is 0 Å². The van der Waals surface area contributed by atoms with Crippen molar-refractivity contribution in [1.82, 2.24) is 18.7 Å². The lowest BCUT2D eigenvalue weighted by atomic mass is 9.95. The van der Waals surface area contributed by atoms with Gasteiger partial charge >= 0.3 is 0 Å². The predicted octanol–water partition coefficient (Wildman–Crippen LogP) is 3.61. The van der Waals surface area contributed by atoms with Crippen LogP contribution in [0.15, 0.2) is 18.2 Å². The Morgan fingerprint density at radius 1 is 1.03 bits per heavy atom. The Bertz CT molecular complexity index is 1360. The summed E-state index contributed by atoms with van der Waals surface area (Å²) in [5.41, 5.74) is 3.15. The molecule has 0 unspecified atom stereocenters. The number of piperidine rings is 1. The van der Waals surface area contributed by atoms with Gasteiger partial charge in [0.05, 0.1) is 17.7 Å². The Balaban J connectivity index is 1.30. The second-order valence-electron chi connectivity index (χ2n) is 11.8. The third-order valence-corrected chi connectivity index (χ3v) is 10.3. The van der Waals surface area contributed by atoms with Crippen molar-refractivity contribution in [3.05, 3.63) is 35.0 Å². The van der Waals surface area contributed by atoms with E-state index in [4.69, 9.17) is 0 Å². The summed E-state index contributed by atoms with van der Waals surface area (Å²) in [6.45, 7) is 5.46. The summed E-state index contributed by atoms with van der Waals surface area (Å²) in [4.78, 5) is 33.3. The molecule has 1 saturated heterocycles. The van der Waals surface area contributed by atoms with Gasteiger partial charge in [0.2, 0.25) is 15.9 Å². The van der Waals surface area contributed by atoms with Crippen molar-refractivity contribution in [3.8, 4) is 0 Å². The summed E-state index contributed by atoms with van der Waals surface area (Å²) in [7, 11) is -3.49. The monoisotopic (exact) mass is 540 g/mol. The van der Waals surface area contributed by atoms with Crippen LogP contribution in [0.2, 0.25) is 0 Å². The number of benzene rings is 1. The molecule has 0 bridgehead atoms. The minimum Gasteiger partial charge on any atom is -0.340 e. The van der Waals surface area contributed by atoms with Gasteiger partial charge in [-0.3, -0.25) is 14.5 Å². The lowest BCUT2D eigenvalue weighted by molar-refractivity contribution is -0.137. The molecule has 6 rings (SSSR count). The molecule has 1 aromatic carbocycles. The molecule has 206 valence electrons. The van der Waals surface area contributed by atoms with Gasteiger partial charge < -0.3 is 9.80 Å². The number of carbonyl (C=O) groups excluding carboxylic acids is 2. The molecule has 38 heavy (non-hydrogen) atoms. The second kappa shape index (κ2) is 9.97. The Labute approximate surface area is 226 Å². The highest BCUT2D eigenvalue weighted by Gasteiger charge is 2.38. The van der Waals surface area contributed by atoms with Crippen molar-refractivity contribution >= 4 is 32.7 Å². The zero-order chi connectivity index (χ0) is 26.6. The fourth-order valence-electron chi connectivity index (χ4n) is 7.19. The van der Waals surface area contributed by atoms with E-state index in [1.807, 2.05) is 22.8 Å². The van der Waals surface area contributed by atoms with E-state index in [0.29, 0.717) is 42.7 Å². The van der Waals surface area contributed by atoms with E-state index in [-0.39, 0.29) is 17.7 Å². The number of aromatic nitrogens is 1. The Kier molecular flexibility index (Phi) is 6.79. The SMILES string of the molecule is CCN(C(=O)[C@@H]1CCCN(C(=O)c2ccc3c(c2)c2c(n3S(C)(=O)=O)CCN(C3CCCC3)C2)C1)C1CC1. The highest BCUT2D eigenvalue weighted by molar-refractivity contribution is 7.89. The van der Waals surface area contributed by atoms with Gasteiger partial charge in [-0.2, -0.15) is 0 Å². The molecule has 2 aliphatic heterocycles. The first kappa shape index (κ1) is 25.9. The zero-order valence-electron chi connectivity index (χ0n) is 22.7. The van der Waals surface area contributed by atoms with Gasteiger partial charge in [-0.25, -0.2) is 12.4 Å². The van der Waals surface area contributed by atoms with Gasteiger partial charge in [0.25, 0.3) is 5.91 Å². The van der Waals surface area contributed by atoms with Gasteiger partial charge in [0, 0.05) is 67.9 Å². The van der Waals surface area contributed by atoms with Crippen LogP contribution in [-0.2, 0) is 27.8 Å². The minimum atomic E-state index is -3.49. The Morgan fingerprint density at radius 2 is 1.79 bits per heavy atom. The van der Waals surface area contributed by atoms with Crippen LogP contribution < -0.4 is 0 Å². The number of likely N-dealkylation sites (tertiary alicyclic amines) is 1. The molecular formula is C29H40N4O4S. The number of nitrogens with zero attached hydrogens (tertiary/aromatic N) is 4. The van der Waals surface area contributed by atoms with Gasteiger partial charge in [0.1, 0.15) is 0 Å². The third kappa shape index (κ3) is 4.66. The number of carbonyl (C=O) groups is 2. The fraction of sp³-hybridized carbons (Fsp3) is 0.655. The number of fused-ring (bicyclic) bond motifs is 3. The second-order valence-corrected chi connectivity index (χ2v) is 13.6. The van der Waals surface area contributed by atoms with E-state index in [1.54, 1.807) is 12.1 Å². The molecule has 3 heterocycles. The number of rotatable bonds is 6. The van der Waals surface area contributed by atoms with Crippen molar-refractivity contribution < 1.29 is 18.0 Å². The summed E-state index contributed by atoms with van der Waals surface area (Å²) >= 11 is 0. The van der Waals surface area contributed by atoms with E-state index in [2.05, 4.69) is 4.90 Å². The number of hydrogen-bond acceptors (Lipinski definition) is 5. The van der Waals surface area contributed by atoms with Gasteiger partial charge in [0.15, 0.2) is 0 Å². The van der Waals surface area contributed by atoms with E-state index in [9.17, 15) is 18.0 Å². The van der Waals surface area contributed by atoms with Crippen molar-refractivity contribution in [3.63, 3.8) is 0 Å². The fourth-order valence-corrected chi connectivity index (χ4v) is 8.31. The summed E-state index contributed by atoms with van der Waals surface area (Å²) in [5, 5.41) is 0.870. The Hall–Kier alpha value is -2.39. The minimum absolute atomic E-state index is 0.0665. The molecule has 2 amide bonds. The van der Waals surface area contributed by atoms with Gasteiger partial charge in [-0.15, -0.1) is 0 Å². The molecular weight excluding hydrogens is 500 g/mol. The first-order chi connectivity index (χ1) is 18.3.